The Hall–Kier alpha value is -1.88. The fourth-order valence-electron chi connectivity index (χ4n) is 2.99. The molecule has 2 aliphatic rings. The lowest BCUT2D eigenvalue weighted by Gasteiger charge is -2.32. The Balaban J connectivity index is 1.52. The first-order chi connectivity index (χ1) is 10.7. The number of hydrogen-bond donors (Lipinski definition) is 1. The maximum Gasteiger partial charge on any atom is 0.337 e. The molecule has 0 bridgehead atoms. The zero-order valence-corrected chi connectivity index (χ0v) is 12.9. The standard InChI is InChI=1S/C17H22N2O3/c1-22-17(21)13-4-2-12(3-5-13)16(20)18-14-8-10-19(11-9-14)15-6-7-15/h2-5,14-15H,6-11H2,1H3,(H,18,20). The lowest BCUT2D eigenvalue weighted by Crippen LogP contribution is -2.45. The van der Waals surface area contributed by atoms with Crippen molar-refractivity contribution in [3.05, 3.63) is 35.4 Å². The van der Waals surface area contributed by atoms with E-state index in [2.05, 4.69) is 15.0 Å². The Bertz CT molecular complexity index is 544. The van der Waals surface area contributed by atoms with Crippen LogP contribution in [-0.4, -0.2) is 49.1 Å². The van der Waals surface area contributed by atoms with Gasteiger partial charge in [-0.05, 0) is 49.9 Å². The minimum atomic E-state index is -0.389. The normalized spacial score (nSPS) is 19.7. The predicted molar refractivity (Wildman–Crippen MR) is 82.9 cm³/mol. The number of methoxy groups -OCH3 is 1. The molecule has 2 fully saturated rings. The van der Waals surface area contributed by atoms with Crippen molar-refractivity contribution in [2.45, 2.75) is 37.8 Å². The summed E-state index contributed by atoms with van der Waals surface area (Å²) in [7, 11) is 1.34. The number of ether oxygens (including phenoxy) is 1. The third-order valence-electron chi connectivity index (χ3n) is 4.50. The minimum absolute atomic E-state index is 0.0683. The fourth-order valence-corrected chi connectivity index (χ4v) is 2.99. The van der Waals surface area contributed by atoms with E-state index in [0.29, 0.717) is 11.1 Å². The Morgan fingerprint density at radius 1 is 1.05 bits per heavy atom. The van der Waals surface area contributed by atoms with Gasteiger partial charge in [-0.1, -0.05) is 0 Å². The van der Waals surface area contributed by atoms with Gasteiger partial charge in [-0.3, -0.25) is 4.79 Å². The molecule has 0 aromatic heterocycles. The number of likely N-dealkylation sites (tertiary alicyclic amines) is 1. The van der Waals surface area contributed by atoms with Crippen molar-refractivity contribution < 1.29 is 14.3 Å². The van der Waals surface area contributed by atoms with Crippen molar-refractivity contribution in [3.8, 4) is 0 Å². The van der Waals surface area contributed by atoms with E-state index in [0.717, 1.165) is 32.0 Å². The summed E-state index contributed by atoms with van der Waals surface area (Å²) >= 11 is 0. The van der Waals surface area contributed by atoms with E-state index in [1.165, 1.54) is 20.0 Å². The van der Waals surface area contributed by atoms with Gasteiger partial charge in [0.15, 0.2) is 0 Å². The van der Waals surface area contributed by atoms with Gasteiger partial charge in [-0.25, -0.2) is 4.79 Å². The Morgan fingerprint density at radius 2 is 1.64 bits per heavy atom. The van der Waals surface area contributed by atoms with Gasteiger partial charge >= 0.3 is 5.97 Å². The average Bonchev–Trinajstić information content (AvgIpc) is 3.40. The molecule has 118 valence electrons. The van der Waals surface area contributed by atoms with Gasteiger partial charge in [-0.2, -0.15) is 0 Å². The molecule has 1 heterocycles. The molecule has 0 spiro atoms. The number of esters is 1. The van der Waals surface area contributed by atoms with Gasteiger partial charge in [0.25, 0.3) is 5.91 Å². The van der Waals surface area contributed by atoms with Gasteiger partial charge in [0, 0.05) is 30.7 Å². The lowest BCUT2D eigenvalue weighted by atomic mass is 10.0. The maximum atomic E-state index is 12.3. The molecule has 1 aliphatic carbocycles. The van der Waals surface area contributed by atoms with Crippen LogP contribution in [0.1, 0.15) is 46.4 Å². The van der Waals surface area contributed by atoms with Crippen LogP contribution in [0.25, 0.3) is 0 Å². The monoisotopic (exact) mass is 302 g/mol. The zero-order chi connectivity index (χ0) is 15.5. The van der Waals surface area contributed by atoms with Gasteiger partial charge in [0.05, 0.1) is 12.7 Å². The van der Waals surface area contributed by atoms with E-state index < -0.39 is 0 Å². The molecule has 1 saturated carbocycles. The Morgan fingerprint density at radius 3 is 2.18 bits per heavy atom. The molecule has 1 aromatic rings. The smallest absolute Gasteiger partial charge is 0.337 e. The summed E-state index contributed by atoms with van der Waals surface area (Å²) in [5.74, 6) is -0.458. The first-order valence-electron chi connectivity index (χ1n) is 7.90. The van der Waals surface area contributed by atoms with Crippen molar-refractivity contribution in [2.75, 3.05) is 20.2 Å². The molecule has 1 amide bonds. The second kappa shape index (κ2) is 6.48. The van der Waals surface area contributed by atoms with Crippen LogP contribution in [0.2, 0.25) is 0 Å². The van der Waals surface area contributed by atoms with E-state index in [1.54, 1.807) is 24.3 Å². The zero-order valence-electron chi connectivity index (χ0n) is 12.9. The topological polar surface area (TPSA) is 58.6 Å². The number of nitrogens with zero attached hydrogens (tertiary/aromatic N) is 1. The number of amides is 1. The maximum absolute atomic E-state index is 12.3. The number of nitrogens with one attached hydrogen (secondary N) is 1. The fraction of sp³-hybridized carbons (Fsp3) is 0.529. The second-order valence-electron chi connectivity index (χ2n) is 6.08. The van der Waals surface area contributed by atoms with Crippen molar-refractivity contribution >= 4 is 11.9 Å². The van der Waals surface area contributed by atoms with Gasteiger partial charge in [0.1, 0.15) is 0 Å². The van der Waals surface area contributed by atoms with Gasteiger partial charge in [0.2, 0.25) is 0 Å². The molecule has 5 heteroatoms. The van der Waals surface area contributed by atoms with Crippen LogP contribution in [0.4, 0.5) is 0 Å². The van der Waals surface area contributed by atoms with Crippen molar-refractivity contribution in [2.24, 2.45) is 0 Å². The molecule has 1 aromatic carbocycles. The summed E-state index contributed by atoms with van der Waals surface area (Å²) in [5.41, 5.74) is 1.04. The van der Waals surface area contributed by atoms with Crippen LogP contribution in [0.5, 0.6) is 0 Å². The molecule has 0 unspecified atom stereocenters. The lowest BCUT2D eigenvalue weighted by molar-refractivity contribution is 0.0600. The predicted octanol–water partition coefficient (Wildman–Crippen LogP) is 1.83. The molecule has 1 N–H and O–H groups in total. The third-order valence-corrected chi connectivity index (χ3v) is 4.50. The van der Waals surface area contributed by atoms with Gasteiger partial charge in [-0.15, -0.1) is 0 Å². The van der Waals surface area contributed by atoms with E-state index in [9.17, 15) is 9.59 Å². The third kappa shape index (κ3) is 3.47. The number of rotatable bonds is 4. The highest BCUT2D eigenvalue weighted by Crippen LogP contribution is 2.29. The summed E-state index contributed by atoms with van der Waals surface area (Å²) in [4.78, 5) is 26.2. The molecule has 0 atom stereocenters. The summed E-state index contributed by atoms with van der Waals surface area (Å²) in [6.45, 7) is 2.16. The Kier molecular flexibility index (Phi) is 4.43. The summed E-state index contributed by atoms with van der Waals surface area (Å²) in [5, 5.41) is 3.10. The largest absolute Gasteiger partial charge is 0.465 e. The summed E-state index contributed by atoms with van der Waals surface area (Å²) in [6.07, 6.45) is 4.71. The highest BCUT2D eigenvalue weighted by Gasteiger charge is 2.32. The second-order valence-corrected chi connectivity index (χ2v) is 6.08. The number of carbonyl (C=O) groups excluding carboxylic acids is 2. The quantitative estimate of drug-likeness (QED) is 0.862. The SMILES string of the molecule is COC(=O)c1ccc(C(=O)NC2CCN(C3CC3)CC2)cc1. The van der Waals surface area contributed by atoms with E-state index in [1.807, 2.05) is 0 Å². The van der Waals surface area contributed by atoms with Gasteiger partial charge < -0.3 is 15.0 Å². The molecule has 1 saturated heterocycles. The molecule has 0 radical (unpaired) electrons. The number of carbonyl (C=O) groups is 2. The highest BCUT2D eigenvalue weighted by molar-refractivity contribution is 5.96. The molecule has 3 rings (SSSR count). The first kappa shape index (κ1) is 15.0. The highest BCUT2D eigenvalue weighted by atomic mass is 16.5. The van der Waals surface area contributed by atoms with Crippen molar-refractivity contribution in [1.82, 2.24) is 10.2 Å². The molecule has 5 nitrogen and oxygen atoms in total. The minimum Gasteiger partial charge on any atom is -0.465 e. The average molecular weight is 302 g/mol. The summed E-state index contributed by atoms with van der Waals surface area (Å²) < 4.78 is 4.65. The Labute approximate surface area is 130 Å². The van der Waals surface area contributed by atoms with Crippen molar-refractivity contribution in [1.29, 1.82) is 0 Å². The van der Waals surface area contributed by atoms with E-state index in [4.69, 9.17) is 0 Å². The van der Waals surface area contributed by atoms with E-state index in [-0.39, 0.29) is 17.9 Å². The molecular weight excluding hydrogens is 280 g/mol. The van der Waals surface area contributed by atoms with Crippen LogP contribution in [0, 0.1) is 0 Å². The van der Waals surface area contributed by atoms with Crippen LogP contribution in [-0.2, 0) is 4.74 Å². The van der Waals surface area contributed by atoms with Crippen LogP contribution in [0.15, 0.2) is 24.3 Å². The molecule has 22 heavy (non-hydrogen) atoms. The van der Waals surface area contributed by atoms with Crippen molar-refractivity contribution in [3.63, 3.8) is 0 Å². The summed E-state index contributed by atoms with van der Waals surface area (Å²) in [6, 6.07) is 7.64. The van der Waals surface area contributed by atoms with Crippen LogP contribution >= 0.6 is 0 Å². The number of piperidine rings is 1. The first-order valence-corrected chi connectivity index (χ1v) is 7.90. The van der Waals surface area contributed by atoms with Crippen LogP contribution in [0.3, 0.4) is 0 Å². The van der Waals surface area contributed by atoms with Crippen LogP contribution < -0.4 is 5.32 Å². The molecule has 1 aliphatic heterocycles. The number of hydrogen-bond acceptors (Lipinski definition) is 4. The number of benzene rings is 1. The molecular formula is C17H22N2O3. The van der Waals surface area contributed by atoms with E-state index >= 15 is 0 Å².